The van der Waals surface area contributed by atoms with Gasteiger partial charge in [0.25, 0.3) is 0 Å². The standard InChI is InChI=1S/C12H10N4.C2H6/c1-9-11-3-2-10(16-5-4-13-8-16)6-12(11)15-7-14-9;1-2/h2-8H,1H3;1-2H3. The normalized spacial score (nSPS) is 9.94. The molecule has 0 saturated heterocycles. The zero-order valence-corrected chi connectivity index (χ0v) is 10.8. The van der Waals surface area contributed by atoms with Gasteiger partial charge in [0.15, 0.2) is 0 Å². The summed E-state index contributed by atoms with van der Waals surface area (Å²) in [5.74, 6) is 0. The molecule has 0 aliphatic carbocycles. The lowest BCUT2D eigenvalue weighted by Gasteiger charge is -2.04. The van der Waals surface area contributed by atoms with Crippen molar-refractivity contribution in [2.24, 2.45) is 0 Å². The van der Waals surface area contributed by atoms with Crippen molar-refractivity contribution >= 4 is 10.9 Å². The number of hydrogen-bond donors (Lipinski definition) is 0. The Morgan fingerprint density at radius 3 is 2.67 bits per heavy atom. The Bertz CT molecular complexity index is 629. The van der Waals surface area contributed by atoms with Crippen LogP contribution in [0.4, 0.5) is 0 Å². The Morgan fingerprint density at radius 2 is 1.94 bits per heavy atom. The number of imidazole rings is 1. The first-order valence-electron chi connectivity index (χ1n) is 6.04. The number of aryl methyl sites for hydroxylation is 1. The molecule has 4 nitrogen and oxygen atoms in total. The van der Waals surface area contributed by atoms with E-state index in [0.29, 0.717) is 0 Å². The van der Waals surface area contributed by atoms with Crippen molar-refractivity contribution in [3.63, 3.8) is 0 Å². The van der Waals surface area contributed by atoms with Crippen LogP contribution in [0.3, 0.4) is 0 Å². The molecule has 3 rings (SSSR count). The highest BCUT2D eigenvalue weighted by Crippen LogP contribution is 2.17. The second-order valence-corrected chi connectivity index (χ2v) is 3.63. The third kappa shape index (κ3) is 2.22. The van der Waals surface area contributed by atoms with Crippen LogP contribution in [-0.4, -0.2) is 19.5 Å². The molecular formula is C14H16N4. The summed E-state index contributed by atoms with van der Waals surface area (Å²) in [5, 5.41) is 1.09. The second kappa shape index (κ2) is 5.40. The van der Waals surface area contributed by atoms with Gasteiger partial charge >= 0.3 is 0 Å². The van der Waals surface area contributed by atoms with Crippen LogP contribution in [0.25, 0.3) is 16.6 Å². The largest absolute Gasteiger partial charge is 0.306 e. The van der Waals surface area contributed by atoms with E-state index in [1.807, 2.05) is 49.7 Å². The Balaban J connectivity index is 0.000000574. The van der Waals surface area contributed by atoms with Crippen molar-refractivity contribution in [1.82, 2.24) is 19.5 Å². The van der Waals surface area contributed by atoms with Crippen molar-refractivity contribution in [3.05, 3.63) is 48.9 Å². The molecule has 0 radical (unpaired) electrons. The number of hydrogen-bond acceptors (Lipinski definition) is 3. The van der Waals surface area contributed by atoms with E-state index in [-0.39, 0.29) is 0 Å². The minimum absolute atomic E-state index is 0.957. The minimum Gasteiger partial charge on any atom is -0.306 e. The SMILES string of the molecule is CC.Cc1ncnc2cc(-n3ccnc3)ccc12. The third-order valence-corrected chi connectivity index (χ3v) is 2.62. The zero-order chi connectivity index (χ0) is 13.0. The topological polar surface area (TPSA) is 43.6 Å². The molecule has 0 unspecified atom stereocenters. The summed E-state index contributed by atoms with van der Waals surface area (Å²) < 4.78 is 1.96. The van der Waals surface area contributed by atoms with Crippen LogP contribution in [0.15, 0.2) is 43.2 Å². The maximum atomic E-state index is 4.27. The molecule has 0 aliphatic rings. The first-order valence-corrected chi connectivity index (χ1v) is 6.04. The molecule has 0 atom stereocenters. The molecule has 0 spiro atoms. The molecule has 2 aromatic heterocycles. The van der Waals surface area contributed by atoms with E-state index < -0.39 is 0 Å². The van der Waals surface area contributed by atoms with Gasteiger partial charge in [0, 0.05) is 29.2 Å². The average molecular weight is 240 g/mol. The van der Waals surface area contributed by atoms with Gasteiger partial charge < -0.3 is 4.57 Å². The summed E-state index contributed by atoms with van der Waals surface area (Å²) in [6.45, 7) is 5.99. The zero-order valence-electron chi connectivity index (χ0n) is 10.8. The van der Waals surface area contributed by atoms with Crippen LogP contribution in [0.5, 0.6) is 0 Å². The lowest BCUT2D eigenvalue weighted by molar-refractivity contribution is 1.06. The van der Waals surface area contributed by atoms with Crippen LogP contribution in [0.2, 0.25) is 0 Å². The molecule has 0 saturated carbocycles. The third-order valence-electron chi connectivity index (χ3n) is 2.62. The van der Waals surface area contributed by atoms with E-state index in [2.05, 4.69) is 15.0 Å². The number of nitrogens with zero attached hydrogens (tertiary/aromatic N) is 4. The fourth-order valence-electron chi connectivity index (χ4n) is 1.75. The molecule has 1 aromatic carbocycles. The molecule has 92 valence electrons. The first kappa shape index (κ1) is 12.2. The minimum atomic E-state index is 0.957. The summed E-state index contributed by atoms with van der Waals surface area (Å²) in [6, 6.07) is 6.12. The number of aromatic nitrogens is 4. The molecular weight excluding hydrogens is 224 g/mol. The van der Waals surface area contributed by atoms with Crippen LogP contribution >= 0.6 is 0 Å². The Hall–Kier alpha value is -2.23. The Kier molecular flexibility index (Phi) is 3.67. The van der Waals surface area contributed by atoms with Gasteiger partial charge in [-0.2, -0.15) is 0 Å². The van der Waals surface area contributed by atoms with Gasteiger partial charge in [0.05, 0.1) is 11.8 Å². The lowest BCUT2D eigenvalue weighted by atomic mass is 10.2. The van der Waals surface area contributed by atoms with Gasteiger partial charge in [-0.05, 0) is 25.1 Å². The molecule has 2 heterocycles. The van der Waals surface area contributed by atoms with E-state index in [1.54, 1.807) is 18.9 Å². The van der Waals surface area contributed by atoms with Crippen molar-refractivity contribution in [2.75, 3.05) is 0 Å². The van der Waals surface area contributed by atoms with Crippen molar-refractivity contribution in [1.29, 1.82) is 0 Å². The van der Waals surface area contributed by atoms with Gasteiger partial charge in [0.1, 0.15) is 6.33 Å². The fourth-order valence-corrected chi connectivity index (χ4v) is 1.75. The van der Waals surface area contributed by atoms with Crippen molar-refractivity contribution in [2.45, 2.75) is 20.8 Å². The molecule has 18 heavy (non-hydrogen) atoms. The smallest absolute Gasteiger partial charge is 0.116 e. The highest BCUT2D eigenvalue weighted by Gasteiger charge is 2.01. The number of fused-ring (bicyclic) bond motifs is 1. The number of rotatable bonds is 1. The van der Waals surface area contributed by atoms with Crippen molar-refractivity contribution < 1.29 is 0 Å². The first-order chi connectivity index (χ1) is 8.84. The summed E-state index contributed by atoms with van der Waals surface area (Å²) in [5.41, 5.74) is 3.02. The summed E-state index contributed by atoms with van der Waals surface area (Å²) >= 11 is 0. The molecule has 0 fully saturated rings. The molecule has 4 heteroatoms. The number of benzene rings is 1. The van der Waals surface area contributed by atoms with Gasteiger partial charge in [-0.1, -0.05) is 13.8 Å². The maximum Gasteiger partial charge on any atom is 0.116 e. The van der Waals surface area contributed by atoms with Gasteiger partial charge in [-0.25, -0.2) is 15.0 Å². The van der Waals surface area contributed by atoms with Crippen LogP contribution in [0.1, 0.15) is 19.5 Å². The summed E-state index contributed by atoms with van der Waals surface area (Å²) in [7, 11) is 0. The van der Waals surface area contributed by atoms with Crippen molar-refractivity contribution in [3.8, 4) is 5.69 Å². The van der Waals surface area contributed by atoms with E-state index in [9.17, 15) is 0 Å². The Labute approximate surface area is 106 Å². The van der Waals surface area contributed by atoms with Crippen LogP contribution in [-0.2, 0) is 0 Å². The van der Waals surface area contributed by atoms with Crippen LogP contribution in [0, 0.1) is 6.92 Å². The predicted molar refractivity (Wildman–Crippen MR) is 72.7 cm³/mol. The van der Waals surface area contributed by atoms with Gasteiger partial charge in [0.2, 0.25) is 0 Å². The molecule has 0 amide bonds. The van der Waals surface area contributed by atoms with E-state index in [0.717, 1.165) is 22.3 Å². The molecule has 0 N–H and O–H groups in total. The lowest BCUT2D eigenvalue weighted by Crippen LogP contribution is -1.92. The van der Waals surface area contributed by atoms with Gasteiger partial charge in [-0.15, -0.1) is 0 Å². The van der Waals surface area contributed by atoms with Crippen LogP contribution < -0.4 is 0 Å². The molecule has 3 aromatic rings. The highest BCUT2D eigenvalue weighted by molar-refractivity contribution is 5.82. The monoisotopic (exact) mass is 240 g/mol. The summed E-state index contributed by atoms with van der Waals surface area (Å²) in [4.78, 5) is 12.5. The quantitative estimate of drug-likeness (QED) is 0.656. The molecule has 0 bridgehead atoms. The second-order valence-electron chi connectivity index (χ2n) is 3.63. The fraction of sp³-hybridized carbons (Fsp3) is 0.214. The van der Waals surface area contributed by atoms with Gasteiger partial charge in [-0.3, -0.25) is 0 Å². The Morgan fingerprint density at radius 1 is 1.11 bits per heavy atom. The average Bonchev–Trinajstić information content (AvgIpc) is 2.95. The van der Waals surface area contributed by atoms with E-state index in [1.165, 1.54) is 0 Å². The predicted octanol–water partition coefficient (Wildman–Crippen LogP) is 3.15. The highest BCUT2D eigenvalue weighted by atomic mass is 15.0. The van der Waals surface area contributed by atoms with E-state index >= 15 is 0 Å². The summed E-state index contributed by atoms with van der Waals surface area (Å²) in [6.07, 6.45) is 7.04. The molecule has 0 aliphatic heterocycles. The van der Waals surface area contributed by atoms with E-state index in [4.69, 9.17) is 0 Å². The maximum absolute atomic E-state index is 4.27.